The average Bonchev–Trinajstić information content (AvgIpc) is 2.66. The molecule has 0 bridgehead atoms. The van der Waals surface area contributed by atoms with Gasteiger partial charge in [0.15, 0.2) is 11.5 Å². The summed E-state index contributed by atoms with van der Waals surface area (Å²) in [5.74, 6) is 1.11. The summed E-state index contributed by atoms with van der Waals surface area (Å²) < 4.78 is 16.3. The van der Waals surface area contributed by atoms with E-state index in [0.717, 1.165) is 16.7 Å². The second-order valence-corrected chi connectivity index (χ2v) is 6.66. The van der Waals surface area contributed by atoms with Crippen LogP contribution in [0.15, 0.2) is 42.5 Å². The zero-order valence-electron chi connectivity index (χ0n) is 15.6. The number of fused-ring (bicyclic) bond motifs is 1. The maximum Gasteiger partial charge on any atom is 0.323 e. The van der Waals surface area contributed by atoms with Crippen molar-refractivity contribution in [3.63, 3.8) is 0 Å². The Kier molecular flexibility index (Phi) is 5.47. The molecule has 0 aliphatic carbocycles. The summed E-state index contributed by atoms with van der Waals surface area (Å²) in [7, 11) is 3.24. The van der Waals surface area contributed by atoms with Crippen molar-refractivity contribution in [1.29, 1.82) is 0 Å². The van der Waals surface area contributed by atoms with Crippen LogP contribution in [0, 0.1) is 0 Å². The lowest BCUT2D eigenvalue weighted by molar-refractivity contribution is -0.150. The fourth-order valence-corrected chi connectivity index (χ4v) is 3.34. The Morgan fingerprint density at radius 1 is 1.08 bits per heavy atom. The Labute approximate surface area is 154 Å². The van der Waals surface area contributed by atoms with Crippen LogP contribution in [-0.2, 0) is 16.0 Å². The summed E-state index contributed by atoms with van der Waals surface area (Å²) in [6.45, 7) is 3.72. The van der Waals surface area contributed by atoms with Gasteiger partial charge in [-0.25, -0.2) is 0 Å². The Morgan fingerprint density at radius 2 is 1.73 bits per heavy atom. The summed E-state index contributed by atoms with van der Waals surface area (Å²) in [6.07, 6.45) is 0.399. The van der Waals surface area contributed by atoms with Crippen molar-refractivity contribution in [2.24, 2.45) is 0 Å². The summed E-state index contributed by atoms with van der Waals surface area (Å²) in [5.41, 5.74) is 3.23. The highest BCUT2D eigenvalue weighted by Crippen LogP contribution is 2.38. The molecule has 0 amide bonds. The molecule has 0 spiro atoms. The van der Waals surface area contributed by atoms with Crippen LogP contribution >= 0.6 is 0 Å². The monoisotopic (exact) mass is 355 g/mol. The van der Waals surface area contributed by atoms with Crippen molar-refractivity contribution < 1.29 is 19.0 Å². The van der Waals surface area contributed by atoms with Gasteiger partial charge in [-0.3, -0.25) is 10.1 Å². The molecule has 5 heteroatoms. The maximum absolute atomic E-state index is 12.5. The Hall–Kier alpha value is -2.53. The third-order valence-electron chi connectivity index (χ3n) is 4.52. The van der Waals surface area contributed by atoms with Crippen molar-refractivity contribution in [1.82, 2.24) is 5.32 Å². The minimum absolute atomic E-state index is 0.121. The van der Waals surface area contributed by atoms with Crippen molar-refractivity contribution in [3.8, 4) is 11.5 Å². The SMILES string of the molecule is COc1cc2c(cc1OC)[C@@H](c1ccccc1)N[C@H](C(=O)OC(C)C)C2. The van der Waals surface area contributed by atoms with Gasteiger partial charge < -0.3 is 14.2 Å². The molecule has 2 aromatic rings. The molecule has 0 unspecified atom stereocenters. The molecule has 26 heavy (non-hydrogen) atoms. The molecule has 138 valence electrons. The van der Waals surface area contributed by atoms with Crippen LogP contribution < -0.4 is 14.8 Å². The second-order valence-electron chi connectivity index (χ2n) is 6.66. The highest BCUT2D eigenvalue weighted by Gasteiger charge is 2.33. The Bertz CT molecular complexity index is 773. The molecule has 2 aromatic carbocycles. The first kappa shape index (κ1) is 18.3. The van der Waals surface area contributed by atoms with Gasteiger partial charge in [-0.1, -0.05) is 30.3 Å². The summed E-state index contributed by atoms with van der Waals surface area (Å²) >= 11 is 0. The van der Waals surface area contributed by atoms with Crippen molar-refractivity contribution in [2.75, 3.05) is 14.2 Å². The van der Waals surface area contributed by atoms with Crippen LogP contribution in [0.2, 0.25) is 0 Å². The standard InChI is InChI=1S/C21H25NO4/c1-13(2)26-21(23)17-10-15-11-18(24-3)19(25-4)12-16(15)20(22-17)14-8-6-5-7-9-14/h5-9,11-13,17,20,22H,10H2,1-4H3/t17-,20+/m0/s1. The molecule has 5 nitrogen and oxygen atoms in total. The highest BCUT2D eigenvalue weighted by atomic mass is 16.5. The van der Waals surface area contributed by atoms with Gasteiger partial charge in [-0.2, -0.15) is 0 Å². The molecular weight excluding hydrogens is 330 g/mol. The van der Waals surface area contributed by atoms with Crippen molar-refractivity contribution in [2.45, 2.75) is 38.5 Å². The predicted molar refractivity (Wildman–Crippen MR) is 99.7 cm³/mol. The quantitative estimate of drug-likeness (QED) is 0.835. The molecule has 1 aliphatic rings. The number of hydrogen-bond acceptors (Lipinski definition) is 5. The normalized spacial score (nSPS) is 19.0. The van der Waals surface area contributed by atoms with E-state index in [-0.39, 0.29) is 18.1 Å². The number of hydrogen-bond donors (Lipinski definition) is 1. The molecule has 0 fully saturated rings. The van der Waals surface area contributed by atoms with Gasteiger partial charge in [0.2, 0.25) is 0 Å². The fourth-order valence-electron chi connectivity index (χ4n) is 3.34. The molecule has 3 rings (SSSR count). The third-order valence-corrected chi connectivity index (χ3v) is 4.52. The Morgan fingerprint density at radius 3 is 2.35 bits per heavy atom. The minimum atomic E-state index is -0.409. The summed E-state index contributed by atoms with van der Waals surface area (Å²) in [5, 5.41) is 3.45. The van der Waals surface area contributed by atoms with Crippen LogP contribution in [-0.4, -0.2) is 32.3 Å². The van der Waals surface area contributed by atoms with Gasteiger partial charge in [0, 0.05) is 0 Å². The van der Waals surface area contributed by atoms with E-state index in [0.29, 0.717) is 17.9 Å². The number of carbonyl (C=O) groups is 1. The lowest BCUT2D eigenvalue weighted by atomic mass is 9.86. The van der Waals surface area contributed by atoms with Crippen LogP contribution in [0.5, 0.6) is 11.5 Å². The average molecular weight is 355 g/mol. The maximum atomic E-state index is 12.5. The topological polar surface area (TPSA) is 56.8 Å². The van der Waals surface area contributed by atoms with Crippen LogP contribution in [0.3, 0.4) is 0 Å². The summed E-state index contributed by atoms with van der Waals surface area (Å²) in [6, 6.07) is 13.5. The zero-order valence-corrected chi connectivity index (χ0v) is 15.6. The Balaban J connectivity index is 2.04. The van der Waals surface area contributed by atoms with E-state index >= 15 is 0 Å². The molecule has 0 radical (unpaired) electrons. The van der Waals surface area contributed by atoms with Gasteiger partial charge in [-0.15, -0.1) is 0 Å². The molecule has 0 saturated heterocycles. The number of esters is 1. The van der Waals surface area contributed by atoms with E-state index in [1.807, 2.05) is 56.3 Å². The van der Waals surface area contributed by atoms with E-state index in [1.165, 1.54) is 0 Å². The fraction of sp³-hybridized carbons (Fsp3) is 0.381. The van der Waals surface area contributed by atoms with E-state index in [2.05, 4.69) is 5.32 Å². The van der Waals surface area contributed by atoms with Gasteiger partial charge >= 0.3 is 5.97 Å². The molecular formula is C21H25NO4. The molecule has 0 aromatic heterocycles. The van der Waals surface area contributed by atoms with Crippen LogP contribution in [0.25, 0.3) is 0 Å². The molecule has 2 atom stereocenters. The lowest BCUT2D eigenvalue weighted by Crippen LogP contribution is -2.46. The van der Waals surface area contributed by atoms with Gasteiger partial charge in [0.05, 0.1) is 26.4 Å². The number of methoxy groups -OCH3 is 2. The van der Waals surface area contributed by atoms with E-state index < -0.39 is 6.04 Å². The molecule has 1 aliphatic heterocycles. The van der Waals surface area contributed by atoms with Gasteiger partial charge in [-0.05, 0) is 49.1 Å². The predicted octanol–water partition coefficient (Wildman–Crippen LogP) is 3.26. The van der Waals surface area contributed by atoms with Gasteiger partial charge in [0.25, 0.3) is 0 Å². The second kappa shape index (κ2) is 7.79. The number of rotatable bonds is 5. The van der Waals surface area contributed by atoms with E-state index in [4.69, 9.17) is 14.2 Å². The zero-order chi connectivity index (χ0) is 18.7. The molecule has 0 saturated carbocycles. The number of benzene rings is 2. The minimum Gasteiger partial charge on any atom is -0.493 e. The van der Waals surface area contributed by atoms with Gasteiger partial charge in [0.1, 0.15) is 6.04 Å². The third kappa shape index (κ3) is 3.68. The molecule has 1 N–H and O–H groups in total. The highest BCUT2D eigenvalue weighted by molar-refractivity contribution is 5.77. The summed E-state index contributed by atoms with van der Waals surface area (Å²) in [4.78, 5) is 12.5. The van der Waals surface area contributed by atoms with E-state index in [9.17, 15) is 4.79 Å². The first-order valence-corrected chi connectivity index (χ1v) is 8.79. The van der Waals surface area contributed by atoms with Crippen molar-refractivity contribution >= 4 is 5.97 Å². The largest absolute Gasteiger partial charge is 0.493 e. The number of ether oxygens (including phenoxy) is 3. The van der Waals surface area contributed by atoms with E-state index in [1.54, 1.807) is 14.2 Å². The first-order chi connectivity index (χ1) is 12.5. The molecule has 1 heterocycles. The first-order valence-electron chi connectivity index (χ1n) is 8.79. The van der Waals surface area contributed by atoms with Crippen LogP contribution in [0.1, 0.15) is 36.6 Å². The van der Waals surface area contributed by atoms with Crippen molar-refractivity contribution in [3.05, 3.63) is 59.2 Å². The number of carbonyl (C=O) groups excluding carboxylic acids is 1. The lowest BCUT2D eigenvalue weighted by Gasteiger charge is -2.33. The number of nitrogens with one attached hydrogen (secondary N) is 1. The van der Waals surface area contributed by atoms with Crippen LogP contribution in [0.4, 0.5) is 0 Å². The smallest absolute Gasteiger partial charge is 0.323 e.